The Morgan fingerprint density at radius 1 is 0.656 bits per heavy atom. The van der Waals surface area contributed by atoms with E-state index in [0.29, 0.717) is 0 Å². The summed E-state index contributed by atoms with van der Waals surface area (Å²) in [7, 11) is -2.02. The lowest BCUT2D eigenvalue weighted by molar-refractivity contribution is 0.507. The van der Waals surface area contributed by atoms with Gasteiger partial charge in [0.05, 0.1) is 24.6 Å². The van der Waals surface area contributed by atoms with Crippen molar-refractivity contribution in [2.45, 2.75) is 25.7 Å². The van der Waals surface area contributed by atoms with Crippen LogP contribution in [0.2, 0.25) is 0 Å². The summed E-state index contributed by atoms with van der Waals surface area (Å²) in [5.41, 5.74) is 1.80. The lowest BCUT2D eigenvalue weighted by Gasteiger charge is -2.41. The lowest BCUT2D eigenvalue weighted by atomic mass is 9.82. The zero-order valence-corrected chi connectivity index (χ0v) is 20.8. The molecule has 0 saturated heterocycles. The second-order valence-corrected chi connectivity index (χ2v) is 15.8. The fourth-order valence-corrected chi connectivity index (χ4v) is 15.2. The van der Waals surface area contributed by atoms with Gasteiger partial charge in [-0.3, -0.25) is 0 Å². The van der Waals surface area contributed by atoms with Crippen LogP contribution in [0.15, 0.2) is 115 Å². The van der Waals surface area contributed by atoms with Crippen LogP contribution in [0.1, 0.15) is 25.8 Å². The van der Waals surface area contributed by atoms with Crippen molar-refractivity contribution >= 4 is 36.4 Å². The van der Waals surface area contributed by atoms with Gasteiger partial charge in [-0.05, 0) is 48.6 Å². The van der Waals surface area contributed by atoms with E-state index in [-0.39, 0.29) is 5.41 Å². The van der Waals surface area contributed by atoms with E-state index in [4.69, 9.17) is 0 Å². The van der Waals surface area contributed by atoms with Crippen LogP contribution < -0.4 is 21.2 Å². The van der Waals surface area contributed by atoms with E-state index in [1.54, 1.807) is 16.2 Å². The molecule has 0 radical (unpaired) electrons. The summed E-state index contributed by atoms with van der Waals surface area (Å²) < 4.78 is 0. The van der Waals surface area contributed by atoms with Crippen molar-refractivity contribution in [3.63, 3.8) is 0 Å². The molecule has 1 aliphatic heterocycles. The largest absolute Gasteiger partial charge is 0.103 e. The van der Waals surface area contributed by atoms with Crippen molar-refractivity contribution in [2.75, 3.05) is 12.1 Å². The van der Waals surface area contributed by atoms with E-state index in [9.17, 15) is 0 Å². The Labute approximate surface area is 194 Å². The molecule has 4 aromatic carbocycles. The van der Waals surface area contributed by atoms with Gasteiger partial charge in [0.15, 0.2) is 0 Å². The Bertz CT molecular complexity index is 1130. The van der Waals surface area contributed by atoms with E-state index in [1.165, 1.54) is 29.1 Å². The third kappa shape index (κ3) is 3.96. The van der Waals surface area contributed by atoms with Gasteiger partial charge in [0, 0.05) is 5.56 Å². The van der Waals surface area contributed by atoms with Gasteiger partial charge in [-0.15, -0.1) is 0 Å². The Hall–Kier alpha value is -2.26. The van der Waals surface area contributed by atoms with Crippen molar-refractivity contribution in [1.29, 1.82) is 0 Å². The van der Waals surface area contributed by atoms with E-state index < -0.39 is 15.2 Å². The zero-order chi connectivity index (χ0) is 22.0. The first-order valence-electron chi connectivity index (χ1n) is 11.5. The lowest BCUT2D eigenvalue weighted by Crippen LogP contribution is -2.41. The summed E-state index contributed by atoms with van der Waals surface area (Å²) in [6.07, 6.45) is 2.54. The van der Waals surface area contributed by atoms with Crippen molar-refractivity contribution < 1.29 is 0 Å². The van der Waals surface area contributed by atoms with E-state index >= 15 is 0 Å². The van der Waals surface area contributed by atoms with Crippen LogP contribution >= 0.6 is 15.2 Å². The fourth-order valence-electron chi connectivity index (χ4n) is 5.12. The van der Waals surface area contributed by atoms with Gasteiger partial charge in [-0.2, -0.15) is 0 Å². The molecule has 1 aliphatic rings. The molecule has 1 heterocycles. The summed E-state index contributed by atoms with van der Waals surface area (Å²) in [6, 6.07) is 43.3. The minimum atomic E-state index is -1.57. The number of fused-ring (bicyclic) bond motifs is 1. The van der Waals surface area contributed by atoms with E-state index in [0.717, 1.165) is 0 Å². The Balaban J connectivity index is 1.72. The van der Waals surface area contributed by atoms with Crippen molar-refractivity contribution in [3.05, 3.63) is 121 Å². The first-order valence-corrected chi connectivity index (χ1v) is 15.2. The van der Waals surface area contributed by atoms with Crippen LogP contribution in [0, 0.1) is 0 Å². The average molecular weight is 454 g/mol. The van der Waals surface area contributed by atoms with Crippen LogP contribution in [0.4, 0.5) is 0 Å². The SMILES string of the molecule is CC1(C)CC[P+](CP(c2ccccc2)c2ccccc2)(c2ccccc2)c2ccccc21. The summed E-state index contributed by atoms with van der Waals surface area (Å²) in [5.74, 6) is 1.24. The molecule has 160 valence electrons. The van der Waals surface area contributed by atoms with Crippen LogP contribution in [-0.2, 0) is 5.41 Å². The summed E-state index contributed by atoms with van der Waals surface area (Å²) in [4.78, 5) is 0. The van der Waals surface area contributed by atoms with E-state index in [2.05, 4.69) is 129 Å². The molecule has 0 saturated carbocycles. The molecule has 0 spiro atoms. The van der Waals surface area contributed by atoms with Gasteiger partial charge in [0.1, 0.15) is 5.30 Å². The number of hydrogen-bond acceptors (Lipinski definition) is 0. The molecule has 0 aromatic heterocycles. The second-order valence-electron chi connectivity index (χ2n) is 9.42. The van der Waals surface area contributed by atoms with Crippen molar-refractivity contribution in [2.24, 2.45) is 0 Å². The highest BCUT2D eigenvalue weighted by atomic mass is 31.2. The second kappa shape index (κ2) is 8.94. The Morgan fingerprint density at radius 2 is 1.16 bits per heavy atom. The molecule has 4 aromatic rings. The minimum Gasteiger partial charge on any atom is -0.0622 e. The highest BCUT2D eigenvalue weighted by molar-refractivity contribution is 7.98. The Morgan fingerprint density at radius 3 is 1.75 bits per heavy atom. The van der Waals surface area contributed by atoms with E-state index in [1.807, 2.05) is 0 Å². The third-order valence-electron chi connectivity index (χ3n) is 6.98. The molecule has 0 nitrogen and oxygen atoms in total. The highest BCUT2D eigenvalue weighted by Gasteiger charge is 2.52. The van der Waals surface area contributed by atoms with Crippen LogP contribution in [-0.4, -0.2) is 12.1 Å². The summed E-state index contributed by atoms with van der Waals surface area (Å²) in [5, 5.41) is 6.20. The maximum atomic E-state index is 2.46. The molecular weight excluding hydrogens is 422 g/mol. The van der Waals surface area contributed by atoms with Gasteiger partial charge in [0.25, 0.3) is 0 Å². The van der Waals surface area contributed by atoms with Crippen molar-refractivity contribution in [3.8, 4) is 0 Å². The summed E-state index contributed by atoms with van der Waals surface area (Å²) in [6.45, 7) is 4.86. The van der Waals surface area contributed by atoms with Crippen LogP contribution in [0.25, 0.3) is 0 Å². The zero-order valence-electron chi connectivity index (χ0n) is 19.0. The molecule has 0 aliphatic carbocycles. The van der Waals surface area contributed by atoms with Crippen LogP contribution in [0.5, 0.6) is 0 Å². The topological polar surface area (TPSA) is 0 Å². The molecule has 1 atom stereocenters. The average Bonchev–Trinajstić information content (AvgIpc) is 2.86. The third-order valence-corrected chi connectivity index (χ3v) is 15.5. The first kappa shape index (κ1) is 21.6. The number of benzene rings is 4. The fraction of sp³-hybridized carbons (Fsp3) is 0.200. The summed E-state index contributed by atoms with van der Waals surface area (Å²) >= 11 is 0. The maximum absolute atomic E-state index is 2.46. The highest BCUT2D eigenvalue weighted by Crippen LogP contribution is 2.67. The first-order chi connectivity index (χ1) is 15.6. The van der Waals surface area contributed by atoms with Crippen molar-refractivity contribution in [1.82, 2.24) is 0 Å². The predicted molar refractivity (Wildman–Crippen MR) is 146 cm³/mol. The molecule has 0 N–H and O–H groups in total. The van der Waals surface area contributed by atoms with Gasteiger partial charge >= 0.3 is 0 Å². The molecule has 1 unspecified atom stereocenters. The standard InChI is InChI=1S/C30H31P2/c1-30(2)22-23-32(27-18-10-5-11-19-27,29-21-13-12-20-28(29)30)24-31(25-14-6-3-7-15-25)26-16-8-4-9-17-26/h3-21H,22-24H2,1-2H3/q+1. The molecule has 0 fully saturated rings. The number of rotatable bonds is 5. The molecule has 0 bridgehead atoms. The Kier molecular flexibility index (Phi) is 6.03. The van der Waals surface area contributed by atoms with Gasteiger partial charge in [-0.25, -0.2) is 0 Å². The smallest absolute Gasteiger partial charge is 0.0622 e. The predicted octanol–water partition coefficient (Wildman–Crippen LogP) is 6.43. The van der Waals surface area contributed by atoms with Gasteiger partial charge in [-0.1, -0.05) is 111 Å². The van der Waals surface area contributed by atoms with Crippen LogP contribution in [0.3, 0.4) is 0 Å². The van der Waals surface area contributed by atoms with Gasteiger partial charge < -0.3 is 0 Å². The quantitative estimate of drug-likeness (QED) is 0.306. The molecule has 32 heavy (non-hydrogen) atoms. The van der Waals surface area contributed by atoms with Gasteiger partial charge in [0.2, 0.25) is 0 Å². The molecule has 2 heteroatoms. The normalized spacial score (nSPS) is 19.5. The number of hydrogen-bond donors (Lipinski definition) is 0. The maximum Gasteiger partial charge on any atom is 0.103 e. The molecule has 0 amide bonds. The monoisotopic (exact) mass is 453 g/mol. The molecular formula is C30H31P2+. The molecule has 5 rings (SSSR count). The minimum absolute atomic E-state index is 0.233.